The van der Waals surface area contributed by atoms with Crippen molar-refractivity contribution in [3.63, 3.8) is 0 Å². The summed E-state index contributed by atoms with van der Waals surface area (Å²) in [4.78, 5) is 34.4. The van der Waals surface area contributed by atoms with E-state index in [0.29, 0.717) is 5.69 Å². The summed E-state index contributed by atoms with van der Waals surface area (Å²) in [6, 6.07) is 6.34. The Morgan fingerprint density at radius 1 is 1.29 bits per heavy atom. The molecule has 0 aliphatic carbocycles. The van der Waals surface area contributed by atoms with Crippen LogP contribution in [0.4, 0.5) is 10.1 Å². The molecule has 0 bridgehead atoms. The lowest BCUT2D eigenvalue weighted by Crippen LogP contribution is -2.29. The van der Waals surface area contributed by atoms with Gasteiger partial charge in [-0.25, -0.2) is 9.07 Å². The van der Waals surface area contributed by atoms with Crippen LogP contribution in [0.2, 0.25) is 0 Å². The average Bonchev–Trinajstić information content (AvgIpc) is 2.44. The average molecular weight is 291 g/mol. The van der Waals surface area contributed by atoms with Gasteiger partial charge in [0.2, 0.25) is 5.91 Å². The van der Waals surface area contributed by atoms with Gasteiger partial charge in [-0.05, 0) is 24.6 Å². The van der Waals surface area contributed by atoms with Crippen molar-refractivity contribution in [3.8, 4) is 0 Å². The van der Waals surface area contributed by atoms with Crippen molar-refractivity contribution in [1.82, 2.24) is 9.78 Å². The number of rotatable bonds is 4. The molecule has 0 saturated heterocycles. The minimum absolute atomic E-state index is 0.0180. The molecule has 0 spiro atoms. The first kappa shape index (κ1) is 14.7. The van der Waals surface area contributed by atoms with Crippen molar-refractivity contribution >= 4 is 11.6 Å². The van der Waals surface area contributed by atoms with Gasteiger partial charge in [-0.1, -0.05) is 6.07 Å². The molecule has 110 valence electrons. The molecule has 1 heterocycles. The molecular formula is C14H14FN3O3. The second kappa shape index (κ2) is 6.17. The Kier molecular flexibility index (Phi) is 4.32. The molecule has 0 radical (unpaired) electrons. The zero-order chi connectivity index (χ0) is 15.4. The van der Waals surface area contributed by atoms with E-state index in [9.17, 15) is 18.8 Å². The van der Waals surface area contributed by atoms with Gasteiger partial charge in [-0.15, -0.1) is 0 Å². The first-order chi connectivity index (χ1) is 9.95. The summed E-state index contributed by atoms with van der Waals surface area (Å²) in [5.41, 5.74) is 0.296. The molecule has 1 aromatic carbocycles. The Morgan fingerprint density at radius 2 is 2.05 bits per heavy atom. The molecule has 2 aromatic rings. The van der Waals surface area contributed by atoms with E-state index < -0.39 is 16.9 Å². The van der Waals surface area contributed by atoms with Crippen LogP contribution in [0.1, 0.15) is 12.0 Å². The predicted molar refractivity (Wildman–Crippen MR) is 75.7 cm³/mol. The van der Waals surface area contributed by atoms with E-state index >= 15 is 0 Å². The van der Waals surface area contributed by atoms with E-state index in [0.717, 1.165) is 22.4 Å². The third kappa shape index (κ3) is 3.88. The van der Waals surface area contributed by atoms with Gasteiger partial charge in [0.05, 0.1) is 6.54 Å². The van der Waals surface area contributed by atoms with E-state index in [1.807, 2.05) is 0 Å². The maximum absolute atomic E-state index is 13.1. The number of benzene rings is 1. The summed E-state index contributed by atoms with van der Waals surface area (Å²) in [5, 5.41) is 4.89. The van der Waals surface area contributed by atoms with Crippen molar-refractivity contribution < 1.29 is 9.18 Å². The van der Waals surface area contributed by atoms with Gasteiger partial charge in [-0.2, -0.15) is 0 Å². The van der Waals surface area contributed by atoms with Gasteiger partial charge < -0.3 is 5.32 Å². The number of halogens is 1. The number of aromatic nitrogens is 2. The van der Waals surface area contributed by atoms with Crippen molar-refractivity contribution in [3.05, 3.63) is 62.4 Å². The SMILES string of the molecule is Cc1ccc(F)cc1NC(=O)CCn1[nH]c(=O)ccc1=O. The number of H-pyrrole nitrogens is 1. The molecular weight excluding hydrogens is 277 g/mol. The zero-order valence-electron chi connectivity index (χ0n) is 11.4. The molecule has 0 unspecified atom stereocenters. The molecule has 2 rings (SSSR count). The molecule has 1 aromatic heterocycles. The van der Waals surface area contributed by atoms with E-state index in [2.05, 4.69) is 10.4 Å². The third-order valence-electron chi connectivity index (χ3n) is 2.92. The lowest BCUT2D eigenvalue weighted by Gasteiger charge is -2.09. The molecule has 0 atom stereocenters. The molecule has 6 nitrogen and oxygen atoms in total. The fourth-order valence-corrected chi connectivity index (χ4v) is 1.78. The molecule has 0 fully saturated rings. The van der Waals surface area contributed by atoms with Crippen LogP contribution >= 0.6 is 0 Å². The smallest absolute Gasteiger partial charge is 0.265 e. The Bertz CT molecular complexity index is 780. The number of nitrogens with zero attached hydrogens (tertiary/aromatic N) is 1. The number of anilines is 1. The maximum Gasteiger partial charge on any atom is 0.265 e. The molecule has 2 N–H and O–H groups in total. The topological polar surface area (TPSA) is 84.0 Å². The van der Waals surface area contributed by atoms with Crippen LogP contribution < -0.4 is 16.4 Å². The highest BCUT2D eigenvalue weighted by Gasteiger charge is 2.07. The second-order valence-electron chi connectivity index (χ2n) is 4.56. The highest BCUT2D eigenvalue weighted by molar-refractivity contribution is 5.91. The molecule has 1 amide bonds. The molecule has 7 heteroatoms. The van der Waals surface area contributed by atoms with Crippen LogP contribution in [-0.2, 0) is 11.3 Å². The highest BCUT2D eigenvalue weighted by Crippen LogP contribution is 2.16. The Morgan fingerprint density at radius 3 is 2.81 bits per heavy atom. The van der Waals surface area contributed by atoms with Crippen LogP contribution in [0, 0.1) is 12.7 Å². The standard InChI is InChI=1S/C14H14FN3O3/c1-9-2-3-10(15)8-11(9)16-12(19)6-7-18-14(21)5-4-13(20)17-18/h2-5,8H,6-7H2,1H3,(H,16,19)(H,17,20). The predicted octanol–water partition coefficient (Wildman–Crippen LogP) is 1.01. The quantitative estimate of drug-likeness (QED) is 0.882. The Hall–Kier alpha value is -2.70. The van der Waals surface area contributed by atoms with Gasteiger partial charge in [0, 0.05) is 24.2 Å². The van der Waals surface area contributed by atoms with Gasteiger partial charge in [0.1, 0.15) is 5.82 Å². The number of aromatic amines is 1. The lowest BCUT2D eigenvalue weighted by molar-refractivity contribution is -0.116. The van der Waals surface area contributed by atoms with E-state index in [1.54, 1.807) is 13.0 Å². The maximum atomic E-state index is 13.1. The number of aryl methyl sites for hydroxylation is 2. The summed E-state index contributed by atoms with van der Waals surface area (Å²) in [7, 11) is 0. The number of carbonyl (C=O) groups is 1. The summed E-state index contributed by atoms with van der Waals surface area (Å²) < 4.78 is 14.2. The second-order valence-corrected chi connectivity index (χ2v) is 4.56. The summed E-state index contributed by atoms with van der Waals surface area (Å²) >= 11 is 0. The minimum atomic E-state index is -0.445. The lowest BCUT2D eigenvalue weighted by atomic mass is 10.2. The van der Waals surface area contributed by atoms with Crippen LogP contribution in [-0.4, -0.2) is 15.7 Å². The molecule has 0 aliphatic rings. The fraction of sp³-hybridized carbons (Fsp3) is 0.214. The van der Waals surface area contributed by atoms with Gasteiger partial charge >= 0.3 is 0 Å². The minimum Gasteiger partial charge on any atom is -0.326 e. The van der Waals surface area contributed by atoms with E-state index in [1.165, 1.54) is 12.1 Å². The van der Waals surface area contributed by atoms with Crippen molar-refractivity contribution in [2.75, 3.05) is 5.32 Å². The zero-order valence-corrected chi connectivity index (χ0v) is 11.4. The van der Waals surface area contributed by atoms with Crippen molar-refractivity contribution in [2.24, 2.45) is 0 Å². The summed E-state index contributed by atoms with van der Waals surface area (Å²) in [5.74, 6) is -0.820. The van der Waals surface area contributed by atoms with E-state index in [4.69, 9.17) is 0 Å². The first-order valence-electron chi connectivity index (χ1n) is 6.32. The number of amides is 1. The van der Waals surface area contributed by atoms with Crippen LogP contribution in [0.25, 0.3) is 0 Å². The van der Waals surface area contributed by atoms with Crippen LogP contribution in [0.3, 0.4) is 0 Å². The van der Waals surface area contributed by atoms with E-state index in [-0.39, 0.29) is 18.9 Å². The van der Waals surface area contributed by atoms with Crippen LogP contribution in [0.5, 0.6) is 0 Å². The normalized spacial score (nSPS) is 10.4. The van der Waals surface area contributed by atoms with Gasteiger partial charge in [-0.3, -0.25) is 19.5 Å². The summed E-state index contributed by atoms with van der Waals surface area (Å²) in [6.45, 7) is 1.78. The van der Waals surface area contributed by atoms with Crippen molar-refractivity contribution in [2.45, 2.75) is 19.9 Å². The molecule has 0 saturated carbocycles. The fourth-order valence-electron chi connectivity index (χ4n) is 1.78. The Balaban J connectivity index is 2.02. The largest absolute Gasteiger partial charge is 0.326 e. The van der Waals surface area contributed by atoms with Gasteiger partial charge in [0.25, 0.3) is 11.1 Å². The third-order valence-corrected chi connectivity index (χ3v) is 2.92. The monoisotopic (exact) mass is 291 g/mol. The first-order valence-corrected chi connectivity index (χ1v) is 6.32. The van der Waals surface area contributed by atoms with Gasteiger partial charge in [0.15, 0.2) is 0 Å². The highest BCUT2D eigenvalue weighted by atomic mass is 19.1. The van der Waals surface area contributed by atoms with Crippen molar-refractivity contribution in [1.29, 1.82) is 0 Å². The summed E-state index contributed by atoms with van der Waals surface area (Å²) in [6.07, 6.45) is -0.0180. The number of nitrogens with one attached hydrogen (secondary N) is 2. The molecule has 21 heavy (non-hydrogen) atoms. The molecule has 0 aliphatic heterocycles. The number of hydrogen-bond donors (Lipinski definition) is 2. The van der Waals surface area contributed by atoms with Crippen LogP contribution in [0.15, 0.2) is 39.9 Å². The Labute approximate surface area is 119 Å². The number of hydrogen-bond acceptors (Lipinski definition) is 3. The number of carbonyl (C=O) groups excluding carboxylic acids is 1.